The summed E-state index contributed by atoms with van der Waals surface area (Å²) in [4.78, 5) is 17.6. The van der Waals surface area contributed by atoms with Crippen LogP contribution in [0.15, 0.2) is 6.20 Å². The van der Waals surface area contributed by atoms with Gasteiger partial charge in [0.1, 0.15) is 5.78 Å². The minimum absolute atomic E-state index is 0.183. The predicted octanol–water partition coefficient (Wildman–Crippen LogP) is 0.954. The first-order valence-corrected chi connectivity index (χ1v) is 7.36. The Bertz CT molecular complexity index is 565. The highest BCUT2D eigenvalue weighted by Gasteiger charge is 2.62. The smallest absolute Gasteiger partial charge is 0.149 e. The lowest BCUT2D eigenvalue weighted by atomic mass is 9.62. The summed E-state index contributed by atoms with van der Waals surface area (Å²) in [6, 6.07) is 0. The lowest BCUT2D eigenvalue weighted by Crippen LogP contribution is -2.75. The van der Waals surface area contributed by atoms with Gasteiger partial charge in [0, 0.05) is 45.0 Å². The van der Waals surface area contributed by atoms with Crippen LogP contribution in [0.25, 0.3) is 0 Å². The van der Waals surface area contributed by atoms with E-state index in [1.807, 2.05) is 11.7 Å². The summed E-state index contributed by atoms with van der Waals surface area (Å²) in [5.74, 6) is 0.471. The fraction of sp³-hybridized carbons (Fsp3) is 0.733. The summed E-state index contributed by atoms with van der Waals surface area (Å²) in [7, 11) is 1.98. The van der Waals surface area contributed by atoms with Crippen molar-refractivity contribution in [1.82, 2.24) is 19.6 Å². The minimum atomic E-state index is -0.183. The Morgan fingerprint density at radius 2 is 1.65 bits per heavy atom. The second-order valence-corrected chi connectivity index (χ2v) is 7.48. The van der Waals surface area contributed by atoms with E-state index in [-0.39, 0.29) is 10.8 Å². The van der Waals surface area contributed by atoms with Crippen LogP contribution in [-0.4, -0.2) is 51.5 Å². The van der Waals surface area contributed by atoms with Crippen LogP contribution >= 0.6 is 0 Å². The van der Waals surface area contributed by atoms with Crippen molar-refractivity contribution < 1.29 is 4.79 Å². The van der Waals surface area contributed by atoms with Gasteiger partial charge in [0.15, 0.2) is 0 Å². The van der Waals surface area contributed by atoms with Crippen LogP contribution in [0.4, 0.5) is 0 Å². The van der Waals surface area contributed by atoms with Crippen LogP contribution in [0.3, 0.4) is 0 Å². The summed E-state index contributed by atoms with van der Waals surface area (Å²) < 4.78 is 1.90. The maximum atomic E-state index is 12.7. The SMILES string of the molecule is Cc1nn(C)cc1C1N2CC3(C)CN1CC(C)(C2)C3=O. The van der Waals surface area contributed by atoms with Crippen molar-refractivity contribution in [2.75, 3.05) is 26.2 Å². The second kappa shape index (κ2) is 3.52. The molecule has 0 spiro atoms. The van der Waals surface area contributed by atoms with E-state index < -0.39 is 0 Å². The molecule has 0 saturated carbocycles. The van der Waals surface area contributed by atoms with Crippen LogP contribution in [0.1, 0.15) is 31.3 Å². The summed E-state index contributed by atoms with van der Waals surface area (Å²) in [5.41, 5.74) is 2.04. The normalized spacial score (nSPS) is 46.2. The second-order valence-electron chi connectivity index (χ2n) is 7.48. The molecule has 0 atom stereocenters. The molecule has 4 saturated heterocycles. The number of aromatic nitrogens is 2. The molecule has 4 fully saturated rings. The van der Waals surface area contributed by atoms with E-state index >= 15 is 0 Å². The van der Waals surface area contributed by atoms with Gasteiger partial charge in [-0.15, -0.1) is 0 Å². The van der Waals surface area contributed by atoms with Crippen LogP contribution < -0.4 is 0 Å². The first kappa shape index (κ1) is 12.5. The molecule has 0 N–H and O–H groups in total. The molecule has 20 heavy (non-hydrogen) atoms. The van der Waals surface area contributed by atoms with Crippen molar-refractivity contribution in [2.45, 2.75) is 26.9 Å². The lowest BCUT2D eigenvalue weighted by molar-refractivity contribution is -0.197. The zero-order valence-electron chi connectivity index (χ0n) is 12.7. The Morgan fingerprint density at radius 3 is 2.05 bits per heavy atom. The fourth-order valence-electron chi connectivity index (χ4n) is 4.86. The van der Waals surface area contributed by atoms with Gasteiger partial charge in [-0.1, -0.05) is 13.8 Å². The largest absolute Gasteiger partial charge is 0.298 e. The number of nitrogens with zero attached hydrogens (tertiary/aromatic N) is 4. The average molecular weight is 274 g/mol. The molecule has 5 heteroatoms. The van der Waals surface area contributed by atoms with Crippen molar-refractivity contribution in [3.05, 3.63) is 17.5 Å². The summed E-state index contributed by atoms with van der Waals surface area (Å²) >= 11 is 0. The van der Waals surface area contributed by atoms with Crippen LogP contribution in [-0.2, 0) is 11.8 Å². The number of carbonyl (C=O) groups is 1. The molecule has 108 valence electrons. The molecule has 4 bridgehead atoms. The highest BCUT2D eigenvalue weighted by atomic mass is 16.1. The van der Waals surface area contributed by atoms with Gasteiger partial charge in [-0.05, 0) is 6.92 Å². The van der Waals surface area contributed by atoms with Gasteiger partial charge in [-0.2, -0.15) is 5.10 Å². The first-order chi connectivity index (χ1) is 9.32. The highest BCUT2D eigenvalue weighted by Crippen LogP contribution is 2.52. The van der Waals surface area contributed by atoms with E-state index in [4.69, 9.17) is 0 Å². The molecule has 0 amide bonds. The van der Waals surface area contributed by atoms with E-state index in [0.29, 0.717) is 11.9 Å². The van der Waals surface area contributed by atoms with E-state index in [9.17, 15) is 4.79 Å². The van der Waals surface area contributed by atoms with Crippen molar-refractivity contribution in [3.63, 3.8) is 0 Å². The average Bonchev–Trinajstić information content (AvgIpc) is 2.64. The molecule has 0 aliphatic carbocycles. The Hall–Kier alpha value is -1.20. The predicted molar refractivity (Wildman–Crippen MR) is 75.1 cm³/mol. The topological polar surface area (TPSA) is 41.4 Å². The van der Waals surface area contributed by atoms with E-state index in [1.54, 1.807) is 0 Å². The molecule has 5 heterocycles. The zero-order valence-corrected chi connectivity index (χ0v) is 12.7. The molecule has 1 aromatic rings. The number of hydrogen-bond donors (Lipinski definition) is 0. The van der Waals surface area contributed by atoms with E-state index in [1.165, 1.54) is 5.56 Å². The molecule has 0 unspecified atom stereocenters. The molecular formula is C15H22N4O. The molecule has 0 aromatic carbocycles. The Labute approximate surface area is 119 Å². The van der Waals surface area contributed by atoms with Gasteiger partial charge in [0.25, 0.3) is 0 Å². The molecule has 4 aliphatic heterocycles. The molecular weight excluding hydrogens is 252 g/mol. The van der Waals surface area contributed by atoms with Gasteiger partial charge in [0.05, 0.1) is 22.7 Å². The number of aryl methyl sites for hydroxylation is 2. The summed E-state index contributed by atoms with van der Waals surface area (Å²) in [6.07, 6.45) is 2.44. The van der Waals surface area contributed by atoms with Crippen molar-refractivity contribution >= 4 is 5.78 Å². The van der Waals surface area contributed by atoms with E-state index in [0.717, 1.165) is 31.9 Å². The molecule has 4 aliphatic rings. The van der Waals surface area contributed by atoms with Crippen LogP contribution in [0, 0.1) is 17.8 Å². The fourth-order valence-corrected chi connectivity index (χ4v) is 4.86. The van der Waals surface area contributed by atoms with Gasteiger partial charge >= 0.3 is 0 Å². The quantitative estimate of drug-likeness (QED) is 0.765. The number of rotatable bonds is 1. The summed E-state index contributed by atoms with van der Waals surface area (Å²) in [5, 5.41) is 4.49. The van der Waals surface area contributed by atoms with Crippen molar-refractivity contribution in [1.29, 1.82) is 0 Å². The maximum absolute atomic E-state index is 12.7. The third kappa shape index (κ3) is 1.40. The summed E-state index contributed by atoms with van der Waals surface area (Å²) in [6.45, 7) is 9.90. The van der Waals surface area contributed by atoms with Crippen molar-refractivity contribution in [3.8, 4) is 0 Å². The van der Waals surface area contributed by atoms with Gasteiger partial charge in [-0.25, -0.2) is 0 Å². The molecule has 1 aromatic heterocycles. The zero-order chi connectivity index (χ0) is 14.3. The molecule has 5 rings (SSSR count). The van der Waals surface area contributed by atoms with Crippen LogP contribution in [0.2, 0.25) is 0 Å². The Morgan fingerprint density at radius 1 is 1.15 bits per heavy atom. The third-order valence-electron chi connectivity index (χ3n) is 5.33. The minimum Gasteiger partial charge on any atom is -0.298 e. The number of ketones is 1. The Balaban J connectivity index is 1.77. The standard InChI is InChI=1S/C15H22N4O/c1-10-11(5-17(4)16-10)12-18-6-14(2)7-19(12)9-15(3,8-18)13(14)20/h5,12H,6-9H2,1-4H3. The van der Waals surface area contributed by atoms with Crippen molar-refractivity contribution in [2.24, 2.45) is 17.9 Å². The maximum Gasteiger partial charge on any atom is 0.149 e. The Kier molecular flexibility index (Phi) is 2.20. The number of carbonyl (C=O) groups excluding carboxylic acids is 1. The molecule has 0 radical (unpaired) electrons. The van der Waals surface area contributed by atoms with Gasteiger partial charge < -0.3 is 0 Å². The highest BCUT2D eigenvalue weighted by molar-refractivity contribution is 5.92. The molecule has 5 nitrogen and oxygen atoms in total. The van der Waals surface area contributed by atoms with Gasteiger partial charge in [0.2, 0.25) is 0 Å². The van der Waals surface area contributed by atoms with E-state index in [2.05, 4.69) is 41.9 Å². The number of Topliss-reactive ketones (excluding diaryl/α,β-unsaturated/α-hetero) is 1. The number of hydrogen-bond acceptors (Lipinski definition) is 4. The lowest BCUT2D eigenvalue weighted by Gasteiger charge is -2.64. The first-order valence-electron chi connectivity index (χ1n) is 7.36. The third-order valence-corrected chi connectivity index (χ3v) is 5.33. The van der Waals surface area contributed by atoms with Crippen LogP contribution in [0.5, 0.6) is 0 Å². The number of piperidine rings is 2. The monoisotopic (exact) mass is 274 g/mol. The van der Waals surface area contributed by atoms with Gasteiger partial charge in [-0.3, -0.25) is 19.3 Å².